The zero-order chi connectivity index (χ0) is 27.4. The van der Waals surface area contributed by atoms with Gasteiger partial charge in [-0.25, -0.2) is 14.2 Å². The number of nitrogens with zero attached hydrogens (tertiary/aromatic N) is 4. The Kier molecular flexibility index (Phi) is 8.47. The van der Waals surface area contributed by atoms with Crippen molar-refractivity contribution in [3.63, 3.8) is 0 Å². The predicted octanol–water partition coefficient (Wildman–Crippen LogP) is 4.74. The van der Waals surface area contributed by atoms with Gasteiger partial charge in [0, 0.05) is 38.4 Å². The second kappa shape index (κ2) is 12.2. The number of piperazine rings is 1. The number of thioether (sulfide) groups is 1. The smallest absolute Gasteiger partial charge is 0.338 e. The first-order valence-electron chi connectivity index (χ1n) is 13.3. The fourth-order valence-electron chi connectivity index (χ4n) is 5.32. The van der Waals surface area contributed by atoms with Gasteiger partial charge in [0.15, 0.2) is 5.17 Å². The average Bonchev–Trinajstić information content (AvgIpc) is 3.37. The maximum atomic E-state index is 14.3. The molecule has 0 bridgehead atoms. The summed E-state index contributed by atoms with van der Waals surface area (Å²) < 4.78 is 19.5. The molecule has 1 saturated heterocycles. The highest BCUT2D eigenvalue weighted by Gasteiger charge is 2.42. The Balaban J connectivity index is 1.29. The van der Waals surface area contributed by atoms with Crippen molar-refractivity contribution in [3.8, 4) is 0 Å². The van der Waals surface area contributed by atoms with Crippen LogP contribution in [0.4, 0.5) is 4.39 Å². The molecule has 3 heterocycles. The van der Waals surface area contributed by atoms with E-state index in [0.29, 0.717) is 41.5 Å². The Morgan fingerprint density at radius 2 is 1.85 bits per heavy atom. The number of benzene rings is 2. The number of fused-ring (bicyclic) bond motifs is 1. The summed E-state index contributed by atoms with van der Waals surface area (Å²) in [5.74, 6) is -0.857. The fourth-order valence-corrected chi connectivity index (χ4v) is 6.26. The molecule has 0 aliphatic carbocycles. The number of amidine groups is 1. The van der Waals surface area contributed by atoms with E-state index in [1.54, 1.807) is 12.1 Å². The molecule has 2 aromatic carbocycles. The lowest BCUT2D eigenvalue weighted by Gasteiger charge is -2.38. The molecule has 1 atom stereocenters. The molecule has 0 saturated carbocycles. The zero-order valence-electron chi connectivity index (χ0n) is 22.3. The van der Waals surface area contributed by atoms with Crippen molar-refractivity contribution in [3.05, 3.63) is 93.9 Å². The Labute approximate surface area is 233 Å². The molecule has 7 nitrogen and oxygen atoms in total. The van der Waals surface area contributed by atoms with Crippen LogP contribution in [0.1, 0.15) is 36.9 Å². The molecule has 5 rings (SSSR count). The number of aliphatic imine (C=N–C) groups is 1. The van der Waals surface area contributed by atoms with Crippen LogP contribution >= 0.6 is 11.8 Å². The largest absolute Gasteiger partial charge is 0.466 e. The molecule has 39 heavy (non-hydrogen) atoms. The van der Waals surface area contributed by atoms with Crippen LogP contribution in [-0.2, 0) is 20.7 Å². The van der Waals surface area contributed by atoms with Crippen LogP contribution in [0.5, 0.6) is 0 Å². The van der Waals surface area contributed by atoms with Crippen LogP contribution in [0.3, 0.4) is 0 Å². The topological polar surface area (TPSA) is 65.5 Å². The summed E-state index contributed by atoms with van der Waals surface area (Å²) in [6.45, 7) is 5.93. The number of rotatable bonds is 8. The van der Waals surface area contributed by atoms with Crippen molar-refractivity contribution >= 4 is 28.8 Å². The van der Waals surface area contributed by atoms with E-state index in [1.165, 1.54) is 36.6 Å². The van der Waals surface area contributed by atoms with Gasteiger partial charge in [-0.05, 0) is 41.5 Å². The van der Waals surface area contributed by atoms with Crippen molar-refractivity contribution in [2.45, 2.75) is 32.2 Å². The summed E-state index contributed by atoms with van der Waals surface area (Å²) in [6, 6.07) is 16.1. The molecule has 3 aliphatic rings. The first kappa shape index (κ1) is 27.1. The Hall–Kier alpha value is -3.43. The van der Waals surface area contributed by atoms with E-state index in [1.807, 2.05) is 28.2 Å². The molecule has 0 unspecified atom stereocenters. The lowest BCUT2D eigenvalue weighted by Crippen LogP contribution is -2.49. The average molecular weight is 549 g/mol. The lowest BCUT2D eigenvalue weighted by molar-refractivity contribution is -0.136. The zero-order valence-corrected chi connectivity index (χ0v) is 23.1. The molecule has 0 aromatic heterocycles. The van der Waals surface area contributed by atoms with Crippen LogP contribution in [0.15, 0.2) is 82.0 Å². The predicted molar refractivity (Wildman–Crippen MR) is 151 cm³/mol. The van der Waals surface area contributed by atoms with Gasteiger partial charge in [-0.1, -0.05) is 61.2 Å². The third-order valence-electron chi connectivity index (χ3n) is 7.41. The highest BCUT2D eigenvalue weighted by Crippen LogP contribution is 2.45. The second-order valence-corrected chi connectivity index (χ2v) is 10.6. The number of carbonyl (C=O) groups is 2. The highest BCUT2D eigenvalue weighted by molar-refractivity contribution is 8.16. The molecule has 9 heteroatoms. The monoisotopic (exact) mass is 548 g/mol. The molecule has 0 N–H and O–H groups in total. The minimum Gasteiger partial charge on any atom is -0.466 e. The number of halogens is 1. The van der Waals surface area contributed by atoms with Gasteiger partial charge < -0.3 is 14.5 Å². The summed E-state index contributed by atoms with van der Waals surface area (Å²) in [6.07, 6.45) is 1.70. The summed E-state index contributed by atoms with van der Waals surface area (Å²) in [5.41, 5.74) is 3.67. The summed E-state index contributed by atoms with van der Waals surface area (Å²) >= 11 is 1.43. The summed E-state index contributed by atoms with van der Waals surface area (Å²) in [5, 5.41) is 2.61. The first-order chi connectivity index (χ1) is 19.0. The maximum Gasteiger partial charge on any atom is 0.338 e. The van der Waals surface area contributed by atoms with Gasteiger partial charge in [-0.15, -0.1) is 0 Å². The van der Waals surface area contributed by atoms with Crippen molar-refractivity contribution in [1.82, 2.24) is 14.7 Å². The Morgan fingerprint density at radius 3 is 2.54 bits per heavy atom. The van der Waals surface area contributed by atoms with Crippen LogP contribution < -0.4 is 0 Å². The molecule has 3 aliphatic heterocycles. The minimum absolute atomic E-state index is 0.0358. The molecule has 204 valence electrons. The normalized spacial score (nSPS) is 19.5. The van der Waals surface area contributed by atoms with E-state index >= 15 is 0 Å². The summed E-state index contributed by atoms with van der Waals surface area (Å²) in [7, 11) is 1.34. The third kappa shape index (κ3) is 5.94. The molecule has 1 amide bonds. The van der Waals surface area contributed by atoms with Gasteiger partial charge in [0.2, 0.25) is 5.91 Å². The summed E-state index contributed by atoms with van der Waals surface area (Å²) in [4.78, 5) is 37.4. The van der Waals surface area contributed by atoms with Crippen LogP contribution in [0, 0.1) is 5.82 Å². The van der Waals surface area contributed by atoms with Crippen LogP contribution in [0.25, 0.3) is 0 Å². The SMILES string of the molecule is CCC1=C(C(=O)OC)[C@H](c2cccc(F)c2)N2C(CC(=O)N3CCN(CCc4ccccc4)CC3)=CSC2=N1. The van der Waals surface area contributed by atoms with Crippen LogP contribution in [0.2, 0.25) is 0 Å². The Bertz CT molecular complexity index is 1320. The minimum atomic E-state index is -0.625. The number of esters is 1. The maximum absolute atomic E-state index is 14.3. The second-order valence-electron chi connectivity index (χ2n) is 9.79. The van der Waals surface area contributed by atoms with E-state index in [9.17, 15) is 14.0 Å². The van der Waals surface area contributed by atoms with E-state index < -0.39 is 17.8 Å². The number of carbonyl (C=O) groups excluding carboxylic acids is 2. The highest BCUT2D eigenvalue weighted by atomic mass is 32.2. The third-order valence-corrected chi connectivity index (χ3v) is 8.30. The van der Waals surface area contributed by atoms with Crippen molar-refractivity contribution < 1.29 is 18.7 Å². The molecular weight excluding hydrogens is 515 g/mol. The van der Waals surface area contributed by atoms with Crippen molar-refractivity contribution in [2.24, 2.45) is 4.99 Å². The van der Waals surface area contributed by atoms with Gasteiger partial charge in [-0.2, -0.15) is 0 Å². The van der Waals surface area contributed by atoms with E-state index in [-0.39, 0.29) is 12.3 Å². The van der Waals surface area contributed by atoms with Crippen LogP contribution in [-0.4, -0.2) is 71.6 Å². The molecular formula is C30H33FN4O3S. The lowest BCUT2D eigenvalue weighted by atomic mass is 9.92. The Morgan fingerprint density at radius 1 is 1.08 bits per heavy atom. The number of allylic oxidation sites excluding steroid dienone is 1. The quantitative estimate of drug-likeness (QED) is 0.444. The van der Waals surface area contributed by atoms with Gasteiger partial charge >= 0.3 is 5.97 Å². The number of methoxy groups -OCH3 is 1. The van der Waals surface area contributed by atoms with Gasteiger partial charge in [0.25, 0.3) is 0 Å². The number of amides is 1. The van der Waals surface area contributed by atoms with Crippen molar-refractivity contribution in [2.75, 3.05) is 39.8 Å². The first-order valence-corrected chi connectivity index (χ1v) is 14.2. The van der Waals surface area contributed by atoms with E-state index in [0.717, 1.165) is 31.8 Å². The number of ether oxygens (including phenoxy) is 1. The van der Waals surface area contributed by atoms with Crippen molar-refractivity contribution in [1.29, 1.82) is 0 Å². The number of hydrogen-bond donors (Lipinski definition) is 0. The van der Waals surface area contributed by atoms with Gasteiger partial charge in [0.05, 0.1) is 30.8 Å². The molecule has 1 fully saturated rings. The molecule has 0 radical (unpaired) electrons. The van der Waals surface area contributed by atoms with E-state index in [2.05, 4.69) is 29.2 Å². The van der Waals surface area contributed by atoms with E-state index in [4.69, 9.17) is 9.73 Å². The van der Waals surface area contributed by atoms with Gasteiger partial charge in [-0.3, -0.25) is 9.69 Å². The number of hydrogen-bond acceptors (Lipinski definition) is 7. The molecule has 0 spiro atoms. The van der Waals surface area contributed by atoms with Gasteiger partial charge in [0.1, 0.15) is 5.82 Å². The standard InChI is InChI=1S/C30H33FN4O3S/c1-3-25-27(29(37)38-2)28(22-10-7-11-23(31)18-22)35-24(20-39-30(35)32-25)19-26(36)34-16-14-33(15-17-34)13-12-21-8-5-4-6-9-21/h4-11,18,20,28H,3,12-17,19H2,1-2H3/t28-/m0/s1. The fraction of sp³-hybridized carbons (Fsp3) is 0.367. The molecule has 2 aromatic rings.